The third kappa shape index (κ3) is 4.04. The van der Waals surface area contributed by atoms with Crippen molar-refractivity contribution < 1.29 is 4.79 Å². The number of likely N-dealkylation sites (tertiary alicyclic amines) is 1. The van der Waals surface area contributed by atoms with Crippen LogP contribution in [-0.2, 0) is 11.3 Å². The number of anilines is 1. The lowest BCUT2D eigenvalue weighted by Gasteiger charge is -2.38. The zero-order valence-corrected chi connectivity index (χ0v) is 14.9. The third-order valence-corrected chi connectivity index (χ3v) is 5.35. The Morgan fingerprint density at radius 2 is 1.96 bits per heavy atom. The topological polar surface area (TPSA) is 61.4 Å². The van der Waals surface area contributed by atoms with Crippen molar-refractivity contribution in [3.05, 3.63) is 18.0 Å². The van der Waals surface area contributed by atoms with E-state index >= 15 is 0 Å². The second-order valence-corrected chi connectivity index (χ2v) is 6.99. The minimum atomic E-state index is 0.192. The number of amides is 1. The van der Waals surface area contributed by atoms with Crippen molar-refractivity contribution in [3.63, 3.8) is 0 Å². The number of hydrogen-bond acceptors (Lipinski definition) is 5. The normalized spacial score (nSPS) is 24.4. The molecule has 1 N–H and O–H groups in total. The zero-order chi connectivity index (χ0) is 16.9. The molecule has 2 fully saturated rings. The Morgan fingerprint density at radius 3 is 2.58 bits per heavy atom. The van der Waals surface area contributed by atoms with E-state index in [9.17, 15) is 4.79 Å². The molecular weight excluding hydrogens is 302 g/mol. The zero-order valence-electron chi connectivity index (χ0n) is 14.9. The monoisotopic (exact) mass is 331 g/mol. The molecular formula is C18H29N5O. The summed E-state index contributed by atoms with van der Waals surface area (Å²) >= 11 is 0. The van der Waals surface area contributed by atoms with Crippen LogP contribution in [0.15, 0.2) is 12.4 Å². The lowest BCUT2D eigenvalue weighted by Crippen LogP contribution is -2.50. The first-order valence-electron chi connectivity index (χ1n) is 9.22. The maximum Gasteiger partial charge on any atom is 0.225 e. The van der Waals surface area contributed by atoms with Gasteiger partial charge in [-0.25, -0.2) is 9.97 Å². The molecule has 0 aromatic carbocycles. The van der Waals surface area contributed by atoms with Crippen molar-refractivity contribution in [3.8, 4) is 0 Å². The second-order valence-electron chi connectivity index (χ2n) is 6.99. The molecule has 2 aliphatic rings. The number of aromatic nitrogens is 2. The highest BCUT2D eigenvalue weighted by molar-refractivity contribution is 5.73. The molecule has 2 aliphatic heterocycles. The smallest absolute Gasteiger partial charge is 0.225 e. The standard InChI is InChI=1S/C18H29N5O/c1-3-16-13-23(14(2)24)9-6-17(16)19-10-15-11-20-18(21-12-15)22-7-4-5-8-22/h11-12,16-17,19H,3-10,13H2,1-2H3/t16-,17+/m1/s1. The van der Waals surface area contributed by atoms with Crippen LogP contribution in [0.4, 0.5) is 5.95 Å². The maximum atomic E-state index is 11.6. The molecule has 1 aromatic heterocycles. The van der Waals surface area contributed by atoms with E-state index in [0.29, 0.717) is 12.0 Å². The summed E-state index contributed by atoms with van der Waals surface area (Å²) in [6, 6.07) is 0.462. The average Bonchev–Trinajstić information content (AvgIpc) is 3.14. The number of piperidine rings is 1. The van der Waals surface area contributed by atoms with E-state index in [-0.39, 0.29) is 5.91 Å². The van der Waals surface area contributed by atoms with Crippen LogP contribution in [0.1, 0.15) is 45.1 Å². The van der Waals surface area contributed by atoms with Crippen molar-refractivity contribution in [2.24, 2.45) is 5.92 Å². The highest BCUT2D eigenvalue weighted by Crippen LogP contribution is 2.21. The number of nitrogens with one attached hydrogen (secondary N) is 1. The summed E-state index contributed by atoms with van der Waals surface area (Å²) in [5, 5.41) is 3.66. The minimum absolute atomic E-state index is 0.192. The fourth-order valence-electron chi connectivity index (χ4n) is 3.77. The van der Waals surface area contributed by atoms with Gasteiger partial charge in [-0.15, -0.1) is 0 Å². The molecule has 2 saturated heterocycles. The Kier molecular flexibility index (Phi) is 5.66. The predicted octanol–water partition coefficient (Wildman–Crippen LogP) is 1.81. The first-order valence-corrected chi connectivity index (χ1v) is 9.22. The molecule has 0 aliphatic carbocycles. The fourth-order valence-corrected chi connectivity index (χ4v) is 3.77. The highest BCUT2D eigenvalue weighted by atomic mass is 16.2. The molecule has 1 aromatic rings. The number of rotatable bonds is 5. The molecule has 0 unspecified atom stereocenters. The Balaban J connectivity index is 1.52. The number of carbonyl (C=O) groups excluding carboxylic acids is 1. The van der Waals surface area contributed by atoms with Gasteiger partial charge in [0.15, 0.2) is 0 Å². The van der Waals surface area contributed by atoms with Gasteiger partial charge in [0.2, 0.25) is 11.9 Å². The first kappa shape index (κ1) is 17.1. The number of hydrogen-bond donors (Lipinski definition) is 1. The SMILES string of the molecule is CC[C@@H]1CN(C(C)=O)CC[C@@H]1NCc1cnc(N2CCCC2)nc1. The van der Waals surface area contributed by atoms with Gasteiger partial charge in [0.25, 0.3) is 0 Å². The second kappa shape index (κ2) is 7.92. The quantitative estimate of drug-likeness (QED) is 0.892. The van der Waals surface area contributed by atoms with Crippen LogP contribution in [0, 0.1) is 5.92 Å². The van der Waals surface area contributed by atoms with Crippen molar-refractivity contribution in [1.29, 1.82) is 0 Å². The Hall–Kier alpha value is -1.69. The molecule has 24 heavy (non-hydrogen) atoms. The van der Waals surface area contributed by atoms with Crippen LogP contribution in [0.3, 0.4) is 0 Å². The van der Waals surface area contributed by atoms with E-state index in [4.69, 9.17) is 0 Å². The third-order valence-electron chi connectivity index (χ3n) is 5.35. The highest BCUT2D eigenvalue weighted by Gasteiger charge is 2.28. The summed E-state index contributed by atoms with van der Waals surface area (Å²) in [5.41, 5.74) is 1.13. The summed E-state index contributed by atoms with van der Waals surface area (Å²) in [6.45, 7) is 8.54. The van der Waals surface area contributed by atoms with Crippen LogP contribution >= 0.6 is 0 Å². The molecule has 0 bridgehead atoms. The molecule has 2 atom stereocenters. The molecule has 3 rings (SSSR count). The Labute approximate surface area is 144 Å². The molecule has 6 heteroatoms. The lowest BCUT2D eigenvalue weighted by atomic mass is 9.89. The van der Waals surface area contributed by atoms with E-state index in [2.05, 4.69) is 27.1 Å². The molecule has 0 spiro atoms. The molecule has 0 saturated carbocycles. The van der Waals surface area contributed by atoms with Gasteiger partial charge in [-0.3, -0.25) is 4.79 Å². The van der Waals surface area contributed by atoms with Crippen LogP contribution < -0.4 is 10.2 Å². The van der Waals surface area contributed by atoms with E-state index in [1.165, 1.54) is 12.8 Å². The molecule has 6 nitrogen and oxygen atoms in total. The van der Waals surface area contributed by atoms with E-state index in [1.807, 2.05) is 17.3 Å². The van der Waals surface area contributed by atoms with Crippen LogP contribution in [0.25, 0.3) is 0 Å². The van der Waals surface area contributed by atoms with Gasteiger partial charge >= 0.3 is 0 Å². The van der Waals surface area contributed by atoms with Gasteiger partial charge < -0.3 is 15.1 Å². The largest absolute Gasteiger partial charge is 0.343 e. The van der Waals surface area contributed by atoms with Gasteiger partial charge in [-0.2, -0.15) is 0 Å². The van der Waals surface area contributed by atoms with Gasteiger partial charge in [0, 0.05) is 63.6 Å². The maximum absolute atomic E-state index is 11.6. The molecule has 132 valence electrons. The molecule has 1 amide bonds. The van der Waals surface area contributed by atoms with Gasteiger partial charge in [-0.1, -0.05) is 13.3 Å². The van der Waals surface area contributed by atoms with Gasteiger partial charge in [0.1, 0.15) is 0 Å². The van der Waals surface area contributed by atoms with Crippen molar-refractivity contribution in [1.82, 2.24) is 20.2 Å². The van der Waals surface area contributed by atoms with E-state index < -0.39 is 0 Å². The van der Waals surface area contributed by atoms with Crippen LogP contribution in [0.2, 0.25) is 0 Å². The van der Waals surface area contributed by atoms with Crippen molar-refractivity contribution in [2.45, 2.75) is 52.1 Å². The fraction of sp³-hybridized carbons (Fsp3) is 0.722. The van der Waals surface area contributed by atoms with Crippen molar-refractivity contribution in [2.75, 3.05) is 31.1 Å². The summed E-state index contributed by atoms with van der Waals surface area (Å²) in [6.07, 6.45) is 8.48. The Morgan fingerprint density at radius 1 is 1.25 bits per heavy atom. The summed E-state index contributed by atoms with van der Waals surface area (Å²) < 4.78 is 0. The van der Waals surface area contributed by atoms with Crippen molar-refractivity contribution >= 4 is 11.9 Å². The van der Waals surface area contributed by atoms with E-state index in [1.54, 1.807) is 6.92 Å². The number of nitrogens with zero attached hydrogens (tertiary/aromatic N) is 4. The van der Waals surface area contributed by atoms with Crippen LogP contribution in [0.5, 0.6) is 0 Å². The first-order chi connectivity index (χ1) is 11.7. The van der Waals surface area contributed by atoms with E-state index in [0.717, 1.165) is 57.1 Å². The summed E-state index contributed by atoms with van der Waals surface area (Å²) in [5.74, 6) is 1.57. The minimum Gasteiger partial charge on any atom is -0.343 e. The van der Waals surface area contributed by atoms with Gasteiger partial charge in [0.05, 0.1) is 0 Å². The Bertz CT molecular complexity index is 541. The number of carbonyl (C=O) groups is 1. The molecule has 3 heterocycles. The summed E-state index contributed by atoms with van der Waals surface area (Å²) in [7, 11) is 0. The predicted molar refractivity (Wildman–Crippen MR) is 94.8 cm³/mol. The average molecular weight is 331 g/mol. The van der Waals surface area contributed by atoms with Crippen LogP contribution in [-0.4, -0.2) is 53.0 Å². The lowest BCUT2D eigenvalue weighted by molar-refractivity contribution is -0.131. The van der Waals surface area contributed by atoms with Gasteiger partial charge in [-0.05, 0) is 25.2 Å². The molecule has 0 radical (unpaired) electrons. The summed E-state index contributed by atoms with van der Waals surface area (Å²) in [4.78, 5) is 24.8.